The van der Waals surface area contributed by atoms with Gasteiger partial charge in [-0.15, -0.1) is 0 Å². The van der Waals surface area contributed by atoms with Crippen LogP contribution in [0.15, 0.2) is 30.5 Å². The minimum Gasteiger partial charge on any atom is -0.495 e. The fourth-order valence-corrected chi connectivity index (χ4v) is 1.60. The van der Waals surface area contributed by atoms with E-state index in [0.717, 1.165) is 6.20 Å². The molecule has 1 aromatic carbocycles. The van der Waals surface area contributed by atoms with Crippen LogP contribution in [0.4, 0.5) is 23.1 Å². The van der Waals surface area contributed by atoms with E-state index in [2.05, 4.69) is 20.6 Å². The van der Waals surface area contributed by atoms with Crippen molar-refractivity contribution in [2.24, 2.45) is 0 Å². The summed E-state index contributed by atoms with van der Waals surface area (Å²) in [6.45, 7) is 0. The molecule has 0 bridgehead atoms. The molecule has 0 saturated carbocycles. The molecule has 2 N–H and O–H groups in total. The quantitative estimate of drug-likeness (QED) is 0.636. The molecular weight excluding hydrogens is 262 g/mol. The zero-order valence-corrected chi connectivity index (χ0v) is 11.0. The fraction of sp³-hybridized carbons (Fsp3) is 0.167. The Hall–Kier alpha value is -2.90. The van der Waals surface area contributed by atoms with E-state index in [0.29, 0.717) is 11.4 Å². The van der Waals surface area contributed by atoms with E-state index in [-0.39, 0.29) is 17.5 Å². The molecule has 0 aliphatic carbocycles. The lowest BCUT2D eigenvalue weighted by Crippen LogP contribution is -2.05. The van der Waals surface area contributed by atoms with Gasteiger partial charge < -0.3 is 15.4 Å². The summed E-state index contributed by atoms with van der Waals surface area (Å²) in [4.78, 5) is 18.3. The molecule has 0 aliphatic rings. The van der Waals surface area contributed by atoms with Gasteiger partial charge in [0.25, 0.3) is 0 Å². The Kier molecular flexibility index (Phi) is 3.94. The number of nitrogens with one attached hydrogen (secondary N) is 2. The van der Waals surface area contributed by atoms with Gasteiger partial charge in [0.2, 0.25) is 11.8 Å². The van der Waals surface area contributed by atoms with Crippen molar-refractivity contribution in [1.82, 2.24) is 9.97 Å². The number of hydrogen-bond acceptors (Lipinski definition) is 7. The molecule has 8 heteroatoms. The normalized spacial score (nSPS) is 9.90. The predicted octanol–water partition coefficient (Wildman–Crippen LogP) is 2.18. The number of aromatic nitrogens is 2. The lowest BCUT2D eigenvalue weighted by atomic mass is 10.3. The Morgan fingerprint density at radius 3 is 2.75 bits per heavy atom. The number of methoxy groups -OCH3 is 1. The van der Waals surface area contributed by atoms with Crippen LogP contribution in [-0.4, -0.2) is 29.0 Å². The van der Waals surface area contributed by atoms with Crippen LogP contribution < -0.4 is 15.4 Å². The highest BCUT2D eigenvalue weighted by molar-refractivity contribution is 5.70. The van der Waals surface area contributed by atoms with Crippen molar-refractivity contribution < 1.29 is 9.66 Å². The maximum absolute atomic E-state index is 11.0. The highest BCUT2D eigenvalue weighted by atomic mass is 16.6. The maximum atomic E-state index is 11.0. The number of anilines is 3. The highest BCUT2D eigenvalue weighted by Crippen LogP contribution is 2.30. The molecule has 0 fully saturated rings. The van der Waals surface area contributed by atoms with Gasteiger partial charge in [0.1, 0.15) is 11.9 Å². The van der Waals surface area contributed by atoms with E-state index in [1.54, 1.807) is 31.3 Å². The van der Waals surface area contributed by atoms with Crippen LogP contribution >= 0.6 is 0 Å². The third-order valence-electron chi connectivity index (χ3n) is 2.55. The summed E-state index contributed by atoms with van der Waals surface area (Å²) >= 11 is 0. The van der Waals surface area contributed by atoms with Crippen LogP contribution in [0.5, 0.6) is 5.75 Å². The first-order valence-electron chi connectivity index (χ1n) is 5.75. The van der Waals surface area contributed by atoms with Crippen LogP contribution in [-0.2, 0) is 0 Å². The van der Waals surface area contributed by atoms with Gasteiger partial charge in [0, 0.05) is 7.05 Å². The molecule has 0 amide bonds. The van der Waals surface area contributed by atoms with Gasteiger partial charge in [-0.1, -0.05) is 12.1 Å². The summed E-state index contributed by atoms with van der Waals surface area (Å²) in [5, 5.41) is 16.6. The van der Waals surface area contributed by atoms with Gasteiger partial charge in [-0.05, 0) is 12.1 Å². The van der Waals surface area contributed by atoms with E-state index in [1.165, 1.54) is 7.11 Å². The Morgan fingerprint density at radius 1 is 1.35 bits per heavy atom. The second kappa shape index (κ2) is 5.83. The van der Waals surface area contributed by atoms with Crippen molar-refractivity contribution in [3.05, 3.63) is 40.6 Å². The van der Waals surface area contributed by atoms with Gasteiger partial charge >= 0.3 is 5.69 Å². The molecule has 0 spiro atoms. The first-order chi connectivity index (χ1) is 9.65. The maximum Gasteiger partial charge on any atom is 0.329 e. The van der Waals surface area contributed by atoms with E-state index in [4.69, 9.17) is 4.74 Å². The average Bonchev–Trinajstić information content (AvgIpc) is 2.47. The molecule has 0 saturated heterocycles. The molecule has 8 nitrogen and oxygen atoms in total. The molecule has 20 heavy (non-hydrogen) atoms. The van der Waals surface area contributed by atoms with E-state index in [9.17, 15) is 10.1 Å². The first kappa shape index (κ1) is 13.5. The Labute approximate surface area is 115 Å². The van der Waals surface area contributed by atoms with Gasteiger partial charge in [-0.2, -0.15) is 4.98 Å². The largest absolute Gasteiger partial charge is 0.495 e. The van der Waals surface area contributed by atoms with E-state index < -0.39 is 4.92 Å². The minimum absolute atomic E-state index is 0.0962. The minimum atomic E-state index is -0.544. The lowest BCUT2D eigenvalue weighted by Gasteiger charge is -2.10. The second-order valence-electron chi connectivity index (χ2n) is 3.76. The summed E-state index contributed by atoms with van der Waals surface area (Å²) in [6, 6.07) is 7.08. The van der Waals surface area contributed by atoms with Crippen LogP contribution in [0.25, 0.3) is 0 Å². The SMILES string of the molecule is CNc1ncc([N+](=O)[O-])c(Nc2ccccc2OC)n1. The van der Waals surface area contributed by atoms with Gasteiger partial charge in [-0.3, -0.25) is 10.1 Å². The molecule has 0 atom stereocenters. The van der Waals surface area contributed by atoms with Crippen molar-refractivity contribution in [3.8, 4) is 5.75 Å². The number of ether oxygens (including phenoxy) is 1. The zero-order chi connectivity index (χ0) is 14.5. The monoisotopic (exact) mass is 275 g/mol. The topological polar surface area (TPSA) is 102 Å². The van der Waals surface area contributed by atoms with Crippen molar-refractivity contribution in [2.75, 3.05) is 24.8 Å². The van der Waals surface area contributed by atoms with Crippen molar-refractivity contribution in [3.63, 3.8) is 0 Å². The van der Waals surface area contributed by atoms with Crippen molar-refractivity contribution in [2.45, 2.75) is 0 Å². The number of benzene rings is 1. The predicted molar refractivity (Wildman–Crippen MR) is 74.5 cm³/mol. The standard InChI is InChI=1S/C12H13N5O3/c1-13-12-14-7-9(17(18)19)11(16-12)15-8-5-3-4-6-10(8)20-2/h3-7H,1-2H3,(H2,13,14,15,16). The summed E-state index contributed by atoms with van der Waals surface area (Å²) < 4.78 is 5.18. The molecule has 2 rings (SSSR count). The lowest BCUT2D eigenvalue weighted by molar-refractivity contribution is -0.384. The molecular formula is C12H13N5O3. The molecule has 0 unspecified atom stereocenters. The van der Waals surface area contributed by atoms with Crippen LogP contribution in [0.2, 0.25) is 0 Å². The summed E-state index contributed by atoms with van der Waals surface area (Å²) in [7, 11) is 3.15. The van der Waals surface area contributed by atoms with Crippen LogP contribution in [0, 0.1) is 10.1 Å². The number of para-hydroxylation sites is 2. The van der Waals surface area contributed by atoms with Gasteiger partial charge in [0.15, 0.2) is 0 Å². The fourth-order valence-electron chi connectivity index (χ4n) is 1.60. The smallest absolute Gasteiger partial charge is 0.329 e. The average molecular weight is 275 g/mol. The number of nitrogens with zero attached hydrogens (tertiary/aromatic N) is 3. The Bertz CT molecular complexity index is 632. The van der Waals surface area contributed by atoms with Gasteiger partial charge in [0.05, 0.1) is 17.7 Å². The Morgan fingerprint density at radius 2 is 2.10 bits per heavy atom. The first-order valence-corrected chi connectivity index (χ1v) is 5.75. The van der Waals surface area contributed by atoms with Gasteiger partial charge in [-0.25, -0.2) is 4.98 Å². The second-order valence-corrected chi connectivity index (χ2v) is 3.76. The summed E-state index contributed by atoms with van der Waals surface area (Å²) in [5.41, 5.74) is 0.369. The van der Waals surface area contributed by atoms with E-state index >= 15 is 0 Å². The molecule has 2 aromatic rings. The third-order valence-corrected chi connectivity index (χ3v) is 2.55. The number of nitro groups is 1. The van der Waals surface area contributed by atoms with Crippen LogP contribution in [0.3, 0.4) is 0 Å². The van der Waals surface area contributed by atoms with Crippen LogP contribution in [0.1, 0.15) is 0 Å². The molecule has 104 valence electrons. The highest BCUT2D eigenvalue weighted by Gasteiger charge is 2.18. The Balaban J connectivity index is 2.43. The summed E-state index contributed by atoms with van der Waals surface area (Å²) in [6.07, 6.45) is 1.15. The molecule has 0 radical (unpaired) electrons. The third kappa shape index (κ3) is 2.74. The number of rotatable bonds is 5. The molecule has 1 aromatic heterocycles. The zero-order valence-electron chi connectivity index (χ0n) is 11.0. The van der Waals surface area contributed by atoms with Crippen molar-refractivity contribution in [1.29, 1.82) is 0 Å². The number of hydrogen-bond donors (Lipinski definition) is 2. The molecule has 0 aliphatic heterocycles. The molecule has 1 heterocycles. The van der Waals surface area contributed by atoms with Crippen molar-refractivity contribution >= 4 is 23.1 Å². The summed E-state index contributed by atoms with van der Waals surface area (Å²) in [5.74, 6) is 0.943. The van der Waals surface area contributed by atoms with E-state index in [1.807, 2.05) is 0 Å².